The van der Waals surface area contributed by atoms with E-state index in [1.807, 2.05) is 0 Å². The molecule has 2 aromatic rings. The number of ether oxygens (including phenoxy) is 1. The fourth-order valence-electron chi connectivity index (χ4n) is 1.49. The second-order valence-corrected chi connectivity index (χ2v) is 6.65. The number of hydrogen-bond acceptors (Lipinski definition) is 4. The Labute approximate surface area is 140 Å². The van der Waals surface area contributed by atoms with Crippen molar-refractivity contribution in [1.29, 1.82) is 0 Å². The molecule has 2 rings (SSSR count). The molecule has 3 nitrogen and oxygen atoms in total. The first-order chi connectivity index (χ1) is 10.2. The van der Waals surface area contributed by atoms with Gasteiger partial charge in [-0.25, -0.2) is 9.37 Å². The zero-order valence-corrected chi connectivity index (χ0v) is 13.8. The third-order valence-electron chi connectivity index (χ3n) is 2.39. The van der Waals surface area contributed by atoms with Gasteiger partial charge in [0.25, 0.3) is 0 Å². The van der Waals surface area contributed by atoms with Crippen molar-refractivity contribution >= 4 is 44.6 Å². The summed E-state index contributed by atoms with van der Waals surface area (Å²) >= 11 is 9.80. The summed E-state index contributed by atoms with van der Waals surface area (Å²) in [6, 6.07) is 2.20. The maximum absolute atomic E-state index is 13.6. The number of anilines is 1. The maximum atomic E-state index is 13.6. The summed E-state index contributed by atoms with van der Waals surface area (Å²) in [5.41, 5.74) is 0.106. The minimum absolute atomic E-state index is 0.0102. The predicted molar refractivity (Wildman–Crippen MR) is 80.1 cm³/mol. The molecule has 0 atom stereocenters. The second kappa shape index (κ2) is 7.01. The monoisotopic (exact) mass is 418 g/mol. The number of benzene rings is 1. The van der Waals surface area contributed by atoms with E-state index in [4.69, 9.17) is 16.3 Å². The number of halogens is 6. The van der Waals surface area contributed by atoms with Crippen LogP contribution in [0, 0.1) is 5.82 Å². The SMILES string of the molecule is Fc1cc(NCc2cnc(Cl)s2)c(OCC(F)(F)F)cc1Br. The third-order valence-corrected chi connectivity index (χ3v) is 4.11. The van der Waals surface area contributed by atoms with Crippen LogP contribution in [-0.4, -0.2) is 17.8 Å². The number of alkyl halides is 3. The molecule has 10 heteroatoms. The van der Waals surface area contributed by atoms with E-state index >= 15 is 0 Å². The van der Waals surface area contributed by atoms with Gasteiger partial charge in [-0.2, -0.15) is 13.2 Å². The van der Waals surface area contributed by atoms with E-state index in [0.29, 0.717) is 4.47 Å². The standard InChI is InChI=1S/C12H8BrClF4N2OS/c13-7-1-10(21-5-12(16,17)18)9(2-8(7)15)19-3-6-4-20-11(14)22-6/h1-2,4,19H,3,5H2. The summed E-state index contributed by atoms with van der Waals surface area (Å²) in [6.07, 6.45) is -2.96. The molecule has 22 heavy (non-hydrogen) atoms. The lowest BCUT2D eigenvalue weighted by molar-refractivity contribution is -0.153. The van der Waals surface area contributed by atoms with Crippen molar-refractivity contribution in [3.8, 4) is 5.75 Å². The first-order valence-electron chi connectivity index (χ1n) is 5.77. The van der Waals surface area contributed by atoms with Crippen LogP contribution in [0.4, 0.5) is 23.2 Å². The zero-order valence-electron chi connectivity index (χ0n) is 10.7. The van der Waals surface area contributed by atoms with E-state index in [0.717, 1.165) is 17.0 Å². The highest BCUT2D eigenvalue weighted by Crippen LogP contribution is 2.33. The lowest BCUT2D eigenvalue weighted by atomic mass is 10.2. The first kappa shape index (κ1) is 17.3. The molecule has 0 aliphatic rings. The number of aromatic nitrogens is 1. The second-order valence-electron chi connectivity index (χ2n) is 4.10. The maximum Gasteiger partial charge on any atom is 0.422 e. The number of nitrogens with zero attached hydrogens (tertiary/aromatic N) is 1. The summed E-state index contributed by atoms with van der Waals surface area (Å²) in [6.45, 7) is -1.24. The lowest BCUT2D eigenvalue weighted by Crippen LogP contribution is -2.19. The van der Waals surface area contributed by atoms with Crippen LogP contribution < -0.4 is 10.1 Å². The quantitative estimate of drug-likeness (QED) is 0.672. The predicted octanol–water partition coefficient (Wildman–Crippen LogP) is 5.25. The van der Waals surface area contributed by atoms with Gasteiger partial charge in [0.1, 0.15) is 11.6 Å². The number of hydrogen-bond donors (Lipinski definition) is 1. The highest BCUT2D eigenvalue weighted by atomic mass is 79.9. The number of rotatable bonds is 5. The van der Waals surface area contributed by atoms with Crippen LogP contribution in [0.15, 0.2) is 22.8 Å². The molecule has 1 aromatic heterocycles. The Balaban J connectivity index is 2.15. The summed E-state index contributed by atoms with van der Waals surface area (Å²) in [4.78, 5) is 4.58. The van der Waals surface area contributed by atoms with Crippen molar-refractivity contribution in [2.75, 3.05) is 11.9 Å². The van der Waals surface area contributed by atoms with Gasteiger partial charge in [-0.3, -0.25) is 0 Å². The molecule has 1 aromatic carbocycles. The Morgan fingerprint density at radius 1 is 1.36 bits per heavy atom. The largest absolute Gasteiger partial charge is 0.482 e. The molecule has 0 aliphatic carbocycles. The van der Waals surface area contributed by atoms with Crippen LogP contribution in [0.2, 0.25) is 4.47 Å². The fraction of sp³-hybridized carbons (Fsp3) is 0.250. The van der Waals surface area contributed by atoms with E-state index in [1.54, 1.807) is 0 Å². The topological polar surface area (TPSA) is 34.2 Å². The van der Waals surface area contributed by atoms with Gasteiger partial charge in [-0.15, -0.1) is 11.3 Å². The highest BCUT2D eigenvalue weighted by molar-refractivity contribution is 9.10. The molecule has 1 N–H and O–H groups in total. The highest BCUT2D eigenvalue weighted by Gasteiger charge is 2.29. The van der Waals surface area contributed by atoms with Crippen LogP contribution in [-0.2, 0) is 6.54 Å². The van der Waals surface area contributed by atoms with Crippen molar-refractivity contribution in [2.24, 2.45) is 0 Å². The van der Waals surface area contributed by atoms with E-state index in [-0.39, 0.29) is 22.5 Å². The van der Waals surface area contributed by atoms with Gasteiger partial charge < -0.3 is 10.1 Å². The van der Waals surface area contributed by atoms with E-state index in [9.17, 15) is 17.6 Å². The van der Waals surface area contributed by atoms with Crippen molar-refractivity contribution < 1.29 is 22.3 Å². The summed E-state index contributed by atoms with van der Waals surface area (Å²) in [7, 11) is 0. The average Bonchev–Trinajstić information content (AvgIpc) is 2.83. The van der Waals surface area contributed by atoms with Gasteiger partial charge in [-0.05, 0) is 22.0 Å². The first-order valence-corrected chi connectivity index (χ1v) is 7.76. The molecule has 1 heterocycles. The van der Waals surface area contributed by atoms with E-state index < -0.39 is 18.6 Å². The number of nitrogens with one attached hydrogen (secondary N) is 1. The van der Waals surface area contributed by atoms with Crippen molar-refractivity contribution in [3.63, 3.8) is 0 Å². The Morgan fingerprint density at radius 3 is 2.68 bits per heavy atom. The van der Waals surface area contributed by atoms with Crippen molar-refractivity contribution in [1.82, 2.24) is 4.98 Å². The Morgan fingerprint density at radius 2 is 2.09 bits per heavy atom. The van der Waals surface area contributed by atoms with E-state index in [2.05, 4.69) is 26.2 Å². The molecule has 0 amide bonds. The summed E-state index contributed by atoms with van der Waals surface area (Å²) in [5, 5.41) is 2.81. The van der Waals surface area contributed by atoms with Gasteiger partial charge in [0, 0.05) is 17.1 Å². The van der Waals surface area contributed by atoms with Crippen LogP contribution >= 0.6 is 38.9 Å². The summed E-state index contributed by atoms with van der Waals surface area (Å²) < 4.78 is 55.4. The lowest BCUT2D eigenvalue weighted by Gasteiger charge is -2.15. The normalized spacial score (nSPS) is 11.5. The van der Waals surface area contributed by atoms with Crippen LogP contribution in [0.25, 0.3) is 0 Å². The molecular weight excluding hydrogens is 412 g/mol. The fourth-order valence-corrected chi connectivity index (χ4v) is 2.73. The Hall–Kier alpha value is -1.06. The third kappa shape index (κ3) is 4.99. The van der Waals surface area contributed by atoms with Crippen molar-refractivity contribution in [2.45, 2.75) is 12.7 Å². The molecular formula is C12H8BrClF4N2OS. The minimum Gasteiger partial charge on any atom is -0.482 e. The average molecular weight is 420 g/mol. The smallest absolute Gasteiger partial charge is 0.422 e. The molecule has 0 fully saturated rings. The molecule has 0 radical (unpaired) electrons. The molecule has 0 aliphatic heterocycles. The molecule has 0 saturated heterocycles. The van der Waals surface area contributed by atoms with Crippen LogP contribution in [0.1, 0.15) is 4.88 Å². The van der Waals surface area contributed by atoms with Gasteiger partial charge in [-0.1, -0.05) is 11.6 Å². The molecule has 120 valence electrons. The van der Waals surface area contributed by atoms with Crippen molar-refractivity contribution in [3.05, 3.63) is 38.0 Å². The van der Waals surface area contributed by atoms with Gasteiger partial charge in [0.15, 0.2) is 11.1 Å². The minimum atomic E-state index is -4.48. The number of thiazole rings is 1. The van der Waals surface area contributed by atoms with Crippen LogP contribution in [0.3, 0.4) is 0 Å². The van der Waals surface area contributed by atoms with Crippen LogP contribution in [0.5, 0.6) is 5.75 Å². The van der Waals surface area contributed by atoms with Gasteiger partial charge >= 0.3 is 6.18 Å². The van der Waals surface area contributed by atoms with E-state index in [1.165, 1.54) is 17.5 Å². The molecule has 0 unspecified atom stereocenters. The molecule has 0 saturated carbocycles. The molecule has 0 bridgehead atoms. The zero-order chi connectivity index (χ0) is 16.3. The van der Waals surface area contributed by atoms with Gasteiger partial charge in [0.2, 0.25) is 0 Å². The Kier molecular flexibility index (Phi) is 5.51. The van der Waals surface area contributed by atoms with Gasteiger partial charge in [0.05, 0.1) is 16.7 Å². The Bertz CT molecular complexity index is 665. The molecule has 0 spiro atoms. The summed E-state index contributed by atoms with van der Waals surface area (Å²) in [5.74, 6) is -0.731.